The molecule has 0 bridgehead atoms. The molecule has 40 heavy (non-hydrogen) atoms. The van der Waals surface area contributed by atoms with E-state index in [1.165, 1.54) is 47.2 Å². The number of nitrogens with two attached hydrogens (primary N) is 1. The molecule has 1 unspecified atom stereocenters. The molecule has 2 aromatic carbocycles. The van der Waals surface area contributed by atoms with Crippen molar-refractivity contribution in [2.75, 3.05) is 37.6 Å². The number of carbonyl (C=O) groups excluding carboxylic acids is 1. The van der Waals surface area contributed by atoms with Crippen LogP contribution in [0.5, 0.6) is 0 Å². The predicted octanol–water partition coefficient (Wildman–Crippen LogP) is 3.22. The van der Waals surface area contributed by atoms with Gasteiger partial charge in [-0.2, -0.15) is 14.9 Å². The number of carbonyl (C=O) groups is 1. The van der Waals surface area contributed by atoms with E-state index in [4.69, 9.17) is 22.6 Å². The van der Waals surface area contributed by atoms with Crippen molar-refractivity contribution in [2.24, 2.45) is 0 Å². The van der Waals surface area contributed by atoms with E-state index in [-0.39, 0.29) is 55.7 Å². The molecule has 1 amide bonds. The SMILES string of the molecule is CN(C)C1CCN(C(=O)c2cnn3c(N)c(-c4ccc(NS(=O)(=O)c5ccc(C#N)cc5Cl)cc4F)cnc23)C1. The zero-order chi connectivity index (χ0) is 28.8. The Morgan fingerprint density at radius 2 is 2.00 bits per heavy atom. The van der Waals surface area contributed by atoms with Crippen LogP contribution in [0.25, 0.3) is 16.8 Å². The van der Waals surface area contributed by atoms with E-state index in [0.29, 0.717) is 18.7 Å². The van der Waals surface area contributed by atoms with E-state index in [1.807, 2.05) is 20.2 Å². The molecule has 1 atom stereocenters. The average Bonchev–Trinajstić information content (AvgIpc) is 3.57. The van der Waals surface area contributed by atoms with Crippen LogP contribution in [-0.4, -0.2) is 71.9 Å². The largest absolute Gasteiger partial charge is 0.383 e. The summed E-state index contributed by atoms with van der Waals surface area (Å²) in [6, 6.07) is 9.61. The Kier molecular flexibility index (Phi) is 7.09. The van der Waals surface area contributed by atoms with Crippen molar-refractivity contribution in [3.8, 4) is 17.2 Å². The highest BCUT2D eigenvalue weighted by molar-refractivity contribution is 7.92. The first-order chi connectivity index (χ1) is 19.0. The Balaban J connectivity index is 1.41. The Hall–Kier alpha value is -4.25. The number of rotatable bonds is 6. The number of amides is 1. The Morgan fingerprint density at radius 3 is 2.65 bits per heavy atom. The predicted molar refractivity (Wildman–Crippen MR) is 148 cm³/mol. The van der Waals surface area contributed by atoms with E-state index < -0.39 is 15.8 Å². The van der Waals surface area contributed by atoms with Crippen LogP contribution in [-0.2, 0) is 10.0 Å². The third kappa shape index (κ3) is 4.92. The van der Waals surface area contributed by atoms with Crippen LogP contribution >= 0.6 is 11.6 Å². The van der Waals surface area contributed by atoms with E-state index in [0.717, 1.165) is 12.5 Å². The van der Waals surface area contributed by atoms with Gasteiger partial charge in [0.25, 0.3) is 15.9 Å². The normalized spacial score (nSPS) is 15.5. The number of nitrogen functional groups attached to an aromatic ring is 1. The fourth-order valence-electron chi connectivity index (χ4n) is 4.62. The first kappa shape index (κ1) is 27.3. The van der Waals surface area contributed by atoms with Crippen LogP contribution in [0.1, 0.15) is 22.3 Å². The molecular formula is C26H24ClFN8O3S. The number of aromatic nitrogens is 3. The van der Waals surface area contributed by atoms with Gasteiger partial charge in [-0.15, -0.1) is 0 Å². The van der Waals surface area contributed by atoms with Gasteiger partial charge in [0.1, 0.15) is 22.1 Å². The third-order valence-electron chi connectivity index (χ3n) is 6.84. The van der Waals surface area contributed by atoms with Crippen LogP contribution in [0.15, 0.2) is 53.7 Å². The molecule has 11 nitrogen and oxygen atoms in total. The summed E-state index contributed by atoms with van der Waals surface area (Å²) in [5.74, 6) is -0.911. The summed E-state index contributed by atoms with van der Waals surface area (Å²) in [5.41, 5.74) is 7.29. The lowest BCUT2D eigenvalue weighted by Crippen LogP contribution is -2.34. The summed E-state index contributed by atoms with van der Waals surface area (Å²) in [4.78, 5) is 21.1. The first-order valence-corrected chi connectivity index (χ1v) is 14.0. The number of fused-ring (bicyclic) bond motifs is 1. The lowest BCUT2D eigenvalue weighted by molar-refractivity contribution is 0.0784. The van der Waals surface area contributed by atoms with Crippen molar-refractivity contribution in [1.82, 2.24) is 24.4 Å². The van der Waals surface area contributed by atoms with Crippen LogP contribution in [0, 0.1) is 17.1 Å². The van der Waals surface area contributed by atoms with E-state index in [1.54, 1.807) is 4.90 Å². The molecule has 5 rings (SSSR count). The number of nitrogens with one attached hydrogen (secondary N) is 1. The molecule has 0 radical (unpaired) electrons. The summed E-state index contributed by atoms with van der Waals surface area (Å²) >= 11 is 6.04. The molecule has 3 heterocycles. The summed E-state index contributed by atoms with van der Waals surface area (Å²) < 4.78 is 44.4. The molecule has 206 valence electrons. The van der Waals surface area contributed by atoms with Crippen LogP contribution in [0.3, 0.4) is 0 Å². The molecule has 1 fully saturated rings. The Morgan fingerprint density at radius 1 is 1.23 bits per heavy atom. The fraction of sp³-hybridized carbons (Fsp3) is 0.231. The van der Waals surface area contributed by atoms with Gasteiger partial charge in [0.15, 0.2) is 5.65 Å². The van der Waals surface area contributed by atoms with Crippen molar-refractivity contribution in [1.29, 1.82) is 5.26 Å². The zero-order valence-corrected chi connectivity index (χ0v) is 23.0. The topological polar surface area (TPSA) is 150 Å². The van der Waals surface area contributed by atoms with Gasteiger partial charge in [-0.05, 0) is 56.9 Å². The van der Waals surface area contributed by atoms with Gasteiger partial charge in [0.2, 0.25) is 0 Å². The molecule has 14 heteroatoms. The van der Waals surface area contributed by atoms with Crippen molar-refractivity contribution in [3.05, 3.63) is 70.8 Å². The van der Waals surface area contributed by atoms with Crippen LogP contribution in [0.2, 0.25) is 5.02 Å². The Labute approximate surface area is 234 Å². The lowest BCUT2D eigenvalue weighted by atomic mass is 10.1. The number of hydrogen-bond donors (Lipinski definition) is 2. The van der Waals surface area contributed by atoms with Crippen molar-refractivity contribution >= 4 is 44.7 Å². The highest BCUT2D eigenvalue weighted by atomic mass is 35.5. The minimum atomic E-state index is -4.17. The number of likely N-dealkylation sites (tertiary alicyclic amines) is 1. The number of benzene rings is 2. The quantitative estimate of drug-likeness (QED) is 0.352. The maximum atomic E-state index is 15.2. The number of anilines is 2. The summed E-state index contributed by atoms with van der Waals surface area (Å²) in [6.07, 6.45) is 3.62. The van der Waals surface area contributed by atoms with Gasteiger partial charge in [-0.1, -0.05) is 11.6 Å². The molecule has 4 aromatic rings. The number of hydrogen-bond acceptors (Lipinski definition) is 8. The number of halogens is 2. The molecule has 0 saturated carbocycles. The second-order valence-electron chi connectivity index (χ2n) is 9.57. The molecule has 1 aliphatic heterocycles. The van der Waals surface area contributed by atoms with Gasteiger partial charge in [0, 0.05) is 36.5 Å². The maximum absolute atomic E-state index is 15.2. The first-order valence-electron chi connectivity index (χ1n) is 12.1. The molecule has 2 aromatic heterocycles. The molecule has 3 N–H and O–H groups in total. The zero-order valence-electron chi connectivity index (χ0n) is 21.5. The number of nitrogens with zero attached hydrogens (tertiary/aromatic N) is 6. The minimum Gasteiger partial charge on any atom is -0.383 e. The van der Waals surface area contributed by atoms with Crippen LogP contribution in [0.4, 0.5) is 15.9 Å². The second-order valence-corrected chi connectivity index (χ2v) is 11.6. The van der Waals surface area contributed by atoms with Crippen LogP contribution < -0.4 is 10.5 Å². The molecule has 0 aliphatic carbocycles. The van der Waals surface area contributed by atoms with Gasteiger partial charge in [-0.3, -0.25) is 9.52 Å². The van der Waals surface area contributed by atoms with Gasteiger partial charge in [-0.25, -0.2) is 17.8 Å². The number of likely N-dealkylation sites (N-methyl/N-ethyl adjacent to an activating group) is 1. The smallest absolute Gasteiger partial charge is 0.263 e. The second kappa shape index (κ2) is 10.4. The lowest BCUT2D eigenvalue weighted by Gasteiger charge is -2.20. The maximum Gasteiger partial charge on any atom is 0.263 e. The summed E-state index contributed by atoms with van der Waals surface area (Å²) in [6.45, 7) is 1.21. The summed E-state index contributed by atoms with van der Waals surface area (Å²) in [5, 5.41) is 13.0. The van der Waals surface area contributed by atoms with E-state index >= 15 is 4.39 Å². The third-order valence-corrected chi connectivity index (χ3v) is 8.70. The number of nitriles is 1. The van der Waals surface area contributed by atoms with Crippen molar-refractivity contribution < 1.29 is 17.6 Å². The standard InChI is InChI=1S/C26H24ClFN8O3S/c1-34(2)17-7-8-35(14-17)26(37)20-13-32-36-24(30)19(12-31-25(20)36)18-5-4-16(10-22(18)28)33-40(38,39)23-6-3-15(11-29)9-21(23)27/h3-6,9-10,12-13,17,33H,7-8,14,30H2,1-2H3. The van der Waals surface area contributed by atoms with E-state index in [2.05, 4.69) is 19.7 Å². The summed E-state index contributed by atoms with van der Waals surface area (Å²) in [7, 11) is -0.218. The Bertz CT molecular complexity index is 1800. The van der Waals surface area contributed by atoms with E-state index in [9.17, 15) is 13.2 Å². The van der Waals surface area contributed by atoms with Crippen molar-refractivity contribution in [3.63, 3.8) is 0 Å². The fourth-order valence-corrected chi connectivity index (χ4v) is 6.22. The highest BCUT2D eigenvalue weighted by Gasteiger charge is 2.30. The van der Waals surface area contributed by atoms with Gasteiger partial charge >= 0.3 is 0 Å². The van der Waals surface area contributed by atoms with Gasteiger partial charge < -0.3 is 15.5 Å². The molecule has 0 spiro atoms. The highest BCUT2D eigenvalue weighted by Crippen LogP contribution is 2.32. The molecule has 1 aliphatic rings. The minimum absolute atomic E-state index is 0.0529. The average molecular weight is 583 g/mol. The number of sulfonamides is 1. The molecular weight excluding hydrogens is 559 g/mol. The monoisotopic (exact) mass is 582 g/mol. The molecule has 1 saturated heterocycles. The van der Waals surface area contributed by atoms with Crippen molar-refractivity contribution in [2.45, 2.75) is 17.4 Å². The van der Waals surface area contributed by atoms with Gasteiger partial charge in [0.05, 0.1) is 28.5 Å².